The van der Waals surface area contributed by atoms with Crippen LogP contribution in [0.2, 0.25) is 4.34 Å². The molecule has 21 heavy (non-hydrogen) atoms. The van der Waals surface area contributed by atoms with E-state index in [0.717, 1.165) is 23.3 Å². The zero-order chi connectivity index (χ0) is 14.8. The molecule has 120 valence electrons. The molecule has 3 heteroatoms. The van der Waals surface area contributed by atoms with Crippen LogP contribution in [0.5, 0.6) is 0 Å². The van der Waals surface area contributed by atoms with Gasteiger partial charge in [0, 0.05) is 17.5 Å². The van der Waals surface area contributed by atoms with Gasteiger partial charge in [-0.05, 0) is 31.4 Å². The zero-order valence-corrected chi connectivity index (χ0v) is 14.8. The molecular weight excluding hydrogens is 298 g/mol. The van der Waals surface area contributed by atoms with Gasteiger partial charge in [-0.1, -0.05) is 69.4 Å². The van der Waals surface area contributed by atoms with Crippen LogP contribution in [0, 0.1) is 0 Å². The largest absolute Gasteiger partial charge is 0.314 e. The minimum atomic E-state index is 0.736. The first-order valence-corrected chi connectivity index (χ1v) is 10.0. The van der Waals surface area contributed by atoms with Crippen molar-refractivity contribution < 1.29 is 0 Å². The van der Waals surface area contributed by atoms with E-state index in [4.69, 9.17) is 11.6 Å². The van der Waals surface area contributed by atoms with E-state index in [9.17, 15) is 0 Å². The van der Waals surface area contributed by atoms with Gasteiger partial charge in [-0.25, -0.2) is 0 Å². The Balaban J connectivity index is 1.67. The second-order valence-electron chi connectivity index (χ2n) is 6.37. The van der Waals surface area contributed by atoms with Crippen molar-refractivity contribution in [2.75, 3.05) is 6.54 Å². The molecule has 1 aromatic heterocycles. The second kappa shape index (κ2) is 10.6. The smallest absolute Gasteiger partial charge is 0.0931 e. The lowest BCUT2D eigenvalue weighted by Crippen LogP contribution is -2.30. The Morgan fingerprint density at radius 2 is 1.48 bits per heavy atom. The maximum Gasteiger partial charge on any atom is 0.0931 e. The predicted octanol–water partition coefficient (Wildman–Crippen LogP) is 6.21. The molecule has 1 aliphatic rings. The van der Waals surface area contributed by atoms with Gasteiger partial charge in [0.25, 0.3) is 0 Å². The summed E-state index contributed by atoms with van der Waals surface area (Å²) in [6.07, 6.45) is 16.8. The minimum absolute atomic E-state index is 0.736. The molecule has 0 aromatic carbocycles. The predicted molar refractivity (Wildman–Crippen MR) is 95.6 cm³/mol. The molecule has 1 saturated carbocycles. The number of nitrogens with one attached hydrogen (secondary N) is 1. The summed E-state index contributed by atoms with van der Waals surface area (Å²) >= 11 is 7.71. The summed E-state index contributed by atoms with van der Waals surface area (Å²) < 4.78 is 0.913. The fourth-order valence-corrected chi connectivity index (χ4v) is 4.34. The highest BCUT2D eigenvalue weighted by Crippen LogP contribution is 2.22. The van der Waals surface area contributed by atoms with Gasteiger partial charge >= 0.3 is 0 Å². The monoisotopic (exact) mass is 327 g/mol. The van der Waals surface area contributed by atoms with Gasteiger partial charge in [-0.15, -0.1) is 11.3 Å². The minimum Gasteiger partial charge on any atom is -0.314 e. The van der Waals surface area contributed by atoms with Crippen LogP contribution in [0.3, 0.4) is 0 Å². The number of hydrogen-bond donors (Lipinski definition) is 1. The van der Waals surface area contributed by atoms with E-state index >= 15 is 0 Å². The normalized spacial score (nSPS) is 19.9. The Labute approximate surface area is 139 Å². The van der Waals surface area contributed by atoms with Crippen LogP contribution in [-0.4, -0.2) is 12.6 Å². The van der Waals surface area contributed by atoms with E-state index in [1.165, 1.54) is 75.5 Å². The topological polar surface area (TPSA) is 12.0 Å². The van der Waals surface area contributed by atoms with Crippen LogP contribution < -0.4 is 5.32 Å². The first kappa shape index (κ1) is 17.3. The molecule has 1 aliphatic carbocycles. The Morgan fingerprint density at radius 3 is 2.00 bits per heavy atom. The van der Waals surface area contributed by atoms with Gasteiger partial charge in [0.1, 0.15) is 0 Å². The Morgan fingerprint density at radius 1 is 0.905 bits per heavy atom. The summed E-state index contributed by atoms with van der Waals surface area (Å²) in [5, 5.41) is 3.79. The summed E-state index contributed by atoms with van der Waals surface area (Å²) in [4.78, 5) is 1.40. The van der Waals surface area contributed by atoms with Gasteiger partial charge < -0.3 is 5.32 Å². The van der Waals surface area contributed by atoms with Crippen LogP contribution in [-0.2, 0) is 6.42 Å². The Kier molecular flexibility index (Phi) is 8.77. The molecule has 0 unspecified atom stereocenters. The number of halogens is 1. The summed E-state index contributed by atoms with van der Waals surface area (Å²) in [7, 11) is 0. The molecule has 1 nitrogen and oxygen atoms in total. The van der Waals surface area contributed by atoms with Gasteiger partial charge in [0.15, 0.2) is 0 Å². The van der Waals surface area contributed by atoms with Crippen molar-refractivity contribution in [2.45, 2.75) is 83.1 Å². The number of hydrogen-bond acceptors (Lipinski definition) is 2. The molecule has 1 fully saturated rings. The fourth-order valence-electron chi connectivity index (χ4n) is 3.25. The third-order valence-corrected chi connectivity index (χ3v) is 5.83. The molecule has 2 rings (SSSR count). The number of thiophene rings is 1. The highest BCUT2D eigenvalue weighted by molar-refractivity contribution is 7.16. The van der Waals surface area contributed by atoms with Gasteiger partial charge in [-0.3, -0.25) is 0 Å². The van der Waals surface area contributed by atoms with E-state index in [1.807, 2.05) is 6.07 Å². The fraction of sp³-hybridized carbons (Fsp3) is 0.778. The first-order valence-electron chi connectivity index (χ1n) is 8.82. The highest BCUT2D eigenvalue weighted by Gasteiger charge is 2.09. The zero-order valence-electron chi connectivity index (χ0n) is 13.2. The molecule has 1 heterocycles. The maximum absolute atomic E-state index is 5.99. The molecular formula is C18H30ClNS. The van der Waals surface area contributed by atoms with Crippen molar-refractivity contribution in [3.63, 3.8) is 0 Å². The average molecular weight is 328 g/mol. The average Bonchev–Trinajstić information content (AvgIpc) is 2.87. The Bertz CT molecular complexity index is 365. The lowest BCUT2D eigenvalue weighted by atomic mass is 9.98. The van der Waals surface area contributed by atoms with Crippen molar-refractivity contribution in [3.05, 3.63) is 21.3 Å². The summed E-state index contributed by atoms with van der Waals surface area (Å²) in [5.74, 6) is 0. The Hall–Kier alpha value is -0.0500. The van der Waals surface area contributed by atoms with Crippen LogP contribution in [0.4, 0.5) is 0 Å². The SMILES string of the molecule is Clc1ccc(CCNC2CCCCCCCCCCC2)s1. The van der Waals surface area contributed by atoms with E-state index in [0.29, 0.717) is 0 Å². The van der Waals surface area contributed by atoms with Gasteiger partial charge in [0.2, 0.25) is 0 Å². The molecule has 0 spiro atoms. The highest BCUT2D eigenvalue weighted by atomic mass is 35.5. The van der Waals surface area contributed by atoms with E-state index in [1.54, 1.807) is 11.3 Å². The lowest BCUT2D eigenvalue weighted by molar-refractivity contribution is 0.406. The summed E-state index contributed by atoms with van der Waals surface area (Å²) in [6, 6.07) is 4.91. The van der Waals surface area contributed by atoms with Crippen LogP contribution in [0.15, 0.2) is 12.1 Å². The number of rotatable bonds is 4. The quantitative estimate of drug-likeness (QED) is 0.693. The van der Waals surface area contributed by atoms with Crippen LogP contribution in [0.25, 0.3) is 0 Å². The van der Waals surface area contributed by atoms with Crippen molar-refractivity contribution in [1.82, 2.24) is 5.32 Å². The third kappa shape index (κ3) is 7.67. The summed E-state index contributed by atoms with van der Waals surface area (Å²) in [6.45, 7) is 1.10. The first-order chi connectivity index (χ1) is 10.3. The molecule has 0 bridgehead atoms. The molecule has 0 amide bonds. The van der Waals surface area contributed by atoms with Gasteiger partial charge in [0.05, 0.1) is 4.34 Å². The van der Waals surface area contributed by atoms with Crippen LogP contribution >= 0.6 is 22.9 Å². The van der Waals surface area contributed by atoms with E-state index in [-0.39, 0.29) is 0 Å². The van der Waals surface area contributed by atoms with Crippen molar-refractivity contribution in [2.24, 2.45) is 0 Å². The molecule has 1 aromatic rings. The van der Waals surface area contributed by atoms with Gasteiger partial charge in [-0.2, -0.15) is 0 Å². The molecule has 0 aliphatic heterocycles. The molecule has 0 saturated heterocycles. The van der Waals surface area contributed by atoms with Crippen molar-refractivity contribution in [1.29, 1.82) is 0 Å². The van der Waals surface area contributed by atoms with E-state index in [2.05, 4.69) is 11.4 Å². The summed E-state index contributed by atoms with van der Waals surface area (Å²) in [5.41, 5.74) is 0. The van der Waals surface area contributed by atoms with Crippen molar-refractivity contribution >= 4 is 22.9 Å². The molecule has 0 atom stereocenters. The van der Waals surface area contributed by atoms with Crippen molar-refractivity contribution in [3.8, 4) is 0 Å². The lowest BCUT2D eigenvalue weighted by Gasteiger charge is -2.19. The maximum atomic E-state index is 5.99. The standard InChI is InChI=1S/C18H30ClNS/c19-18-13-12-17(21-18)14-15-20-16-10-8-6-4-2-1-3-5-7-9-11-16/h12-13,16,20H,1-11,14-15H2. The second-order valence-corrected chi connectivity index (χ2v) is 8.17. The third-order valence-electron chi connectivity index (χ3n) is 4.54. The molecule has 0 radical (unpaired) electrons. The molecule has 1 N–H and O–H groups in total. The van der Waals surface area contributed by atoms with E-state index < -0.39 is 0 Å². The van der Waals surface area contributed by atoms with Crippen LogP contribution in [0.1, 0.15) is 75.5 Å².